The Morgan fingerprint density at radius 2 is 1.85 bits per heavy atom. The molecular formula is C16H19F2N5O3S. The molecule has 2 unspecified atom stereocenters. The standard InChI is InChI=1S/C16H19F2N5O3S/c17-14(18)11-9-13(24)20-16(19-11)23-7-5-22(6-8-23)15-10-3-1-2-4-12(10)27(25,26)21-15/h1-4,11,14,16,19H,5-9H2,(H,20,24). The summed E-state index contributed by atoms with van der Waals surface area (Å²) in [5.74, 6) is 0.00279. The van der Waals surface area contributed by atoms with Gasteiger partial charge in [-0.25, -0.2) is 8.78 Å². The van der Waals surface area contributed by atoms with Crippen LogP contribution in [0.3, 0.4) is 0 Å². The van der Waals surface area contributed by atoms with Crippen molar-refractivity contribution in [2.45, 2.75) is 30.1 Å². The summed E-state index contributed by atoms with van der Waals surface area (Å²) in [5.41, 5.74) is 0.577. The molecule has 1 aromatic rings. The number of carbonyl (C=O) groups excluding carboxylic acids is 1. The predicted octanol–water partition coefficient (Wildman–Crippen LogP) is -0.220. The normalized spacial score (nSPS) is 28.0. The molecule has 2 fully saturated rings. The van der Waals surface area contributed by atoms with Gasteiger partial charge in [0, 0.05) is 38.2 Å². The molecule has 3 aliphatic heterocycles. The maximum atomic E-state index is 13.0. The van der Waals surface area contributed by atoms with Gasteiger partial charge in [-0.15, -0.1) is 4.40 Å². The van der Waals surface area contributed by atoms with Gasteiger partial charge in [-0.1, -0.05) is 12.1 Å². The van der Waals surface area contributed by atoms with Gasteiger partial charge in [0.1, 0.15) is 11.2 Å². The number of fused-ring (bicyclic) bond motifs is 1. The van der Waals surface area contributed by atoms with Crippen LogP contribution >= 0.6 is 0 Å². The fourth-order valence-corrected chi connectivity index (χ4v) is 4.81. The number of amidine groups is 1. The Hall–Kier alpha value is -2.11. The van der Waals surface area contributed by atoms with Crippen LogP contribution in [-0.2, 0) is 14.8 Å². The third kappa shape index (κ3) is 3.42. The van der Waals surface area contributed by atoms with Gasteiger partial charge < -0.3 is 10.2 Å². The fourth-order valence-electron chi connectivity index (χ4n) is 3.58. The average Bonchev–Trinajstić information content (AvgIpc) is 2.93. The van der Waals surface area contributed by atoms with Gasteiger partial charge in [0.25, 0.3) is 16.4 Å². The molecule has 8 nitrogen and oxygen atoms in total. The van der Waals surface area contributed by atoms with Crippen LogP contribution in [-0.4, -0.2) is 74.9 Å². The van der Waals surface area contributed by atoms with Crippen LogP contribution < -0.4 is 10.6 Å². The maximum absolute atomic E-state index is 13.0. The van der Waals surface area contributed by atoms with Crippen LogP contribution in [0.5, 0.6) is 0 Å². The lowest BCUT2D eigenvalue weighted by atomic mass is 10.1. The van der Waals surface area contributed by atoms with E-state index in [0.717, 1.165) is 0 Å². The number of alkyl halides is 2. The van der Waals surface area contributed by atoms with E-state index in [-0.39, 0.29) is 11.3 Å². The lowest BCUT2D eigenvalue weighted by molar-refractivity contribution is -0.129. The lowest BCUT2D eigenvalue weighted by Crippen LogP contribution is -2.67. The smallest absolute Gasteiger partial charge is 0.285 e. The number of hydrogen-bond acceptors (Lipinski definition) is 6. The first-order chi connectivity index (χ1) is 12.8. The summed E-state index contributed by atoms with van der Waals surface area (Å²) in [6.07, 6.45) is -3.53. The Morgan fingerprint density at radius 3 is 2.56 bits per heavy atom. The summed E-state index contributed by atoms with van der Waals surface area (Å²) < 4.78 is 54.3. The number of sulfonamides is 1. The van der Waals surface area contributed by atoms with Crippen LogP contribution in [0.25, 0.3) is 0 Å². The largest absolute Gasteiger partial charge is 0.353 e. The van der Waals surface area contributed by atoms with E-state index >= 15 is 0 Å². The first-order valence-corrected chi connectivity index (χ1v) is 10.1. The number of rotatable bonds is 2. The second kappa shape index (κ2) is 6.80. The van der Waals surface area contributed by atoms with Crippen molar-refractivity contribution in [3.8, 4) is 0 Å². The van der Waals surface area contributed by atoms with E-state index in [0.29, 0.717) is 37.6 Å². The number of halogens is 2. The van der Waals surface area contributed by atoms with Crippen LogP contribution in [0.2, 0.25) is 0 Å². The molecule has 0 spiro atoms. The zero-order valence-electron chi connectivity index (χ0n) is 14.3. The van der Waals surface area contributed by atoms with Crippen LogP contribution in [0.1, 0.15) is 12.0 Å². The Balaban J connectivity index is 1.45. The van der Waals surface area contributed by atoms with E-state index in [1.807, 2.05) is 9.80 Å². The van der Waals surface area contributed by atoms with Crippen molar-refractivity contribution in [3.05, 3.63) is 29.8 Å². The molecule has 0 aromatic heterocycles. The molecule has 2 N–H and O–H groups in total. The van der Waals surface area contributed by atoms with E-state index in [2.05, 4.69) is 15.0 Å². The highest BCUT2D eigenvalue weighted by molar-refractivity contribution is 7.90. The van der Waals surface area contributed by atoms with E-state index in [1.165, 1.54) is 6.07 Å². The van der Waals surface area contributed by atoms with Gasteiger partial charge in [0.2, 0.25) is 5.91 Å². The zero-order chi connectivity index (χ0) is 19.2. The summed E-state index contributed by atoms with van der Waals surface area (Å²) in [6, 6.07) is 5.50. The van der Waals surface area contributed by atoms with E-state index in [9.17, 15) is 22.0 Å². The molecule has 0 aliphatic carbocycles. The number of hydrogen-bond donors (Lipinski definition) is 2. The van der Waals surface area contributed by atoms with E-state index in [4.69, 9.17) is 0 Å². The molecule has 146 valence electrons. The first kappa shape index (κ1) is 18.3. The summed E-state index contributed by atoms with van der Waals surface area (Å²) in [5, 5.41) is 5.45. The van der Waals surface area contributed by atoms with Gasteiger partial charge in [-0.05, 0) is 12.1 Å². The lowest BCUT2D eigenvalue weighted by Gasteiger charge is -2.43. The minimum Gasteiger partial charge on any atom is -0.353 e. The Morgan fingerprint density at radius 1 is 1.15 bits per heavy atom. The van der Waals surface area contributed by atoms with Crippen LogP contribution in [0.4, 0.5) is 8.78 Å². The first-order valence-electron chi connectivity index (χ1n) is 8.62. The summed E-state index contributed by atoms with van der Waals surface area (Å²) >= 11 is 0. The molecule has 0 bridgehead atoms. The Kier molecular flexibility index (Phi) is 4.60. The fraction of sp³-hybridized carbons (Fsp3) is 0.500. The molecule has 3 heterocycles. The van der Waals surface area contributed by atoms with Gasteiger partial charge in [0.05, 0.1) is 6.04 Å². The van der Waals surface area contributed by atoms with Crippen LogP contribution in [0, 0.1) is 0 Å². The molecule has 4 rings (SSSR count). The molecule has 1 aromatic carbocycles. The Bertz CT molecular complexity index is 884. The van der Waals surface area contributed by atoms with Gasteiger partial charge in [-0.2, -0.15) is 8.42 Å². The van der Waals surface area contributed by atoms with Crippen molar-refractivity contribution in [1.29, 1.82) is 0 Å². The summed E-state index contributed by atoms with van der Waals surface area (Å²) in [6.45, 7) is 1.87. The van der Waals surface area contributed by atoms with Crippen molar-refractivity contribution < 1.29 is 22.0 Å². The second-order valence-corrected chi connectivity index (χ2v) is 8.26. The SMILES string of the molecule is O=C1CC(C(F)F)NC(N2CCN(C3=NS(=O)(=O)c4ccccc43)CC2)N1. The molecular weight excluding hydrogens is 380 g/mol. The number of carbonyl (C=O) groups is 1. The Labute approximate surface area is 155 Å². The third-order valence-corrected chi connectivity index (χ3v) is 6.30. The number of benzene rings is 1. The number of nitrogens with zero attached hydrogens (tertiary/aromatic N) is 3. The molecule has 0 radical (unpaired) electrons. The van der Waals surface area contributed by atoms with Crippen molar-refractivity contribution in [1.82, 2.24) is 20.4 Å². The molecule has 0 saturated carbocycles. The molecule has 3 aliphatic rings. The maximum Gasteiger partial charge on any atom is 0.285 e. The van der Waals surface area contributed by atoms with Crippen LogP contribution in [0.15, 0.2) is 33.6 Å². The zero-order valence-corrected chi connectivity index (χ0v) is 15.1. The highest BCUT2D eigenvalue weighted by atomic mass is 32.2. The molecule has 2 atom stereocenters. The summed E-state index contributed by atoms with van der Waals surface area (Å²) in [7, 11) is -3.68. The minimum atomic E-state index is -3.68. The van der Waals surface area contributed by atoms with Gasteiger partial charge in [0.15, 0.2) is 5.84 Å². The van der Waals surface area contributed by atoms with Crippen molar-refractivity contribution >= 4 is 21.8 Å². The molecule has 11 heteroatoms. The van der Waals surface area contributed by atoms with Crippen molar-refractivity contribution in [2.75, 3.05) is 26.2 Å². The topological polar surface area (TPSA) is 94.1 Å². The molecule has 2 saturated heterocycles. The van der Waals surface area contributed by atoms with Gasteiger partial charge in [-0.3, -0.25) is 15.0 Å². The number of piperazine rings is 1. The molecule has 1 amide bonds. The quantitative estimate of drug-likeness (QED) is 0.714. The van der Waals surface area contributed by atoms with Crippen molar-refractivity contribution in [2.24, 2.45) is 4.40 Å². The van der Waals surface area contributed by atoms with Gasteiger partial charge >= 0.3 is 0 Å². The van der Waals surface area contributed by atoms with Crippen molar-refractivity contribution in [3.63, 3.8) is 0 Å². The second-order valence-electron chi connectivity index (χ2n) is 6.69. The average molecular weight is 399 g/mol. The van der Waals surface area contributed by atoms with E-state index in [1.54, 1.807) is 18.2 Å². The number of amides is 1. The molecule has 27 heavy (non-hydrogen) atoms. The third-order valence-electron chi connectivity index (χ3n) is 4.97. The number of nitrogens with one attached hydrogen (secondary N) is 2. The monoisotopic (exact) mass is 399 g/mol. The summed E-state index contributed by atoms with van der Waals surface area (Å²) in [4.78, 5) is 15.6. The highest BCUT2D eigenvalue weighted by Crippen LogP contribution is 2.28. The highest BCUT2D eigenvalue weighted by Gasteiger charge is 2.37. The van der Waals surface area contributed by atoms with E-state index < -0.39 is 34.7 Å². The predicted molar refractivity (Wildman–Crippen MR) is 92.8 cm³/mol. The minimum absolute atomic E-state index is 0.198.